The lowest BCUT2D eigenvalue weighted by atomic mass is 10.1. The maximum absolute atomic E-state index is 5.50. The summed E-state index contributed by atoms with van der Waals surface area (Å²) in [6.45, 7) is 0.474. The smallest absolute Gasteiger partial charge is 0.216 e. The molecule has 1 fully saturated rings. The molecule has 0 bridgehead atoms. The number of pyridine rings is 1. The zero-order valence-corrected chi connectivity index (χ0v) is 7.79. The van der Waals surface area contributed by atoms with E-state index in [1.54, 1.807) is 7.11 Å². The van der Waals surface area contributed by atoms with Crippen molar-refractivity contribution < 1.29 is 4.74 Å². The molecule has 0 amide bonds. The molecule has 0 radical (unpaired) electrons. The fraction of sp³-hybridized carbons (Fsp3) is 0.500. The Balaban J connectivity index is 2.33. The quantitative estimate of drug-likeness (QED) is 0.761. The largest absolute Gasteiger partial charge is 0.481 e. The van der Waals surface area contributed by atoms with Crippen molar-refractivity contribution >= 4 is 0 Å². The second kappa shape index (κ2) is 3.34. The zero-order chi connectivity index (χ0) is 9.26. The van der Waals surface area contributed by atoms with Gasteiger partial charge in [0.2, 0.25) is 5.88 Å². The van der Waals surface area contributed by atoms with Gasteiger partial charge >= 0.3 is 0 Å². The summed E-state index contributed by atoms with van der Waals surface area (Å²) in [5.41, 5.74) is 7.62. The van der Waals surface area contributed by atoms with Crippen molar-refractivity contribution in [3.8, 4) is 5.88 Å². The highest BCUT2D eigenvalue weighted by molar-refractivity contribution is 5.34. The van der Waals surface area contributed by atoms with Crippen LogP contribution in [0.2, 0.25) is 0 Å². The predicted octanol–water partition coefficient (Wildman–Crippen LogP) is 1.43. The van der Waals surface area contributed by atoms with E-state index >= 15 is 0 Å². The molecule has 1 aromatic heterocycles. The molecule has 2 N–H and O–H groups in total. The molecule has 0 aliphatic heterocycles. The fourth-order valence-corrected chi connectivity index (χ4v) is 1.47. The van der Waals surface area contributed by atoms with Gasteiger partial charge in [0.1, 0.15) is 0 Å². The van der Waals surface area contributed by atoms with Crippen LogP contribution >= 0.6 is 0 Å². The first-order valence-corrected chi connectivity index (χ1v) is 4.59. The Morgan fingerprint density at radius 3 is 2.85 bits per heavy atom. The number of nitrogens with two attached hydrogens (primary N) is 1. The summed E-state index contributed by atoms with van der Waals surface area (Å²) in [4.78, 5) is 4.32. The highest BCUT2D eigenvalue weighted by Gasteiger charge is 2.27. The molecule has 3 heteroatoms. The van der Waals surface area contributed by atoms with Gasteiger partial charge in [0.15, 0.2) is 0 Å². The van der Waals surface area contributed by atoms with Gasteiger partial charge in [-0.25, -0.2) is 4.98 Å². The minimum absolute atomic E-state index is 0.474. The number of ether oxygens (including phenoxy) is 1. The highest BCUT2D eigenvalue weighted by atomic mass is 16.5. The molecular weight excluding hydrogens is 164 g/mol. The first-order chi connectivity index (χ1) is 6.35. The van der Waals surface area contributed by atoms with Crippen molar-refractivity contribution in [3.05, 3.63) is 23.4 Å². The number of nitrogens with zero attached hydrogens (tertiary/aromatic N) is 1. The Morgan fingerprint density at radius 1 is 1.54 bits per heavy atom. The number of aromatic nitrogens is 1. The zero-order valence-electron chi connectivity index (χ0n) is 7.79. The van der Waals surface area contributed by atoms with Gasteiger partial charge in [-0.3, -0.25) is 0 Å². The summed E-state index contributed by atoms with van der Waals surface area (Å²) >= 11 is 0. The van der Waals surface area contributed by atoms with Crippen LogP contribution in [-0.4, -0.2) is 12.1 Å². The van der Waals surface area contributed by atoms with Crippen LogP contribution in [0.1, 0.15) is 30.0 Å². The van der Waals surface area contributed by atoms with Crippen molar-refractivity contribution in [2.75, 3.05) is 7.11 Å². The Labute approximate surface area is 77.9 Å². The summed E-state index contributed by atoms with van der Waals surface area (Å²) in [5, 5.41) is 0. The maximum Gasteiger partial charge on any atom is 0.216 e. The minimum Gasteiger partial charge on any atom is -0.481 e. The van der Waals surface area contributed by atoms with Crippen molar-refractivity contribution in [2.45, 2.75) is 25.3 Å². The third-order valence-electron chi connectivity index (χ3n) is 2.37. The molecule has 1 heterocycles. The third kappa shape index (κ3) is 1.65. The monoisotopic (exact) mass is 178 g/mol. The van der Waals surface area contributed by atoms with E-state index in [0.29, 0.717) is 12.5 Å². The van der Waals surface area contributed by atoms with Crippen LogP contribution in [0.4, 0.5) is 0 Å². The SMILES string of the molecule is COc1nc(CN)ccc1C1CC1. The molecule has 13 heavy (non-hydrogen) atoms. The van der Waals surface area contributed by atoms with E-state index in [-0.39, 0.29) is 0 Å². The van der Waals surface area contributed by atoms with E-state index in [0.717, 1.165) is 11.6 Å². The average molecular weight is 178 g/mol. The van der Waals surface area contributed by atoms with E-state index in [2.05, 4.69) is 11.1 Å². The molecule has 0 atom stereocenters. The lowest BCUT2D eigenvalue weighted by Gasteiger charge is -2.07. The lowest BCUT2D eigenvalue weighted by Crippen LogP contribution is -2.02. The topological polar surface area (TPSA) is 48.1 Å². The van der Waals surface area contributed by atoms with Crippen LogP contribution < -0.4 is 10.5 Å². The van der Waals surface area contributed by atoms with Gasteiger partial charge in [0.25, 0.3) is 0 Å². The van der Waals surface area contributed by atoms with Crippen molar-refractivity contribution in [3.63, 3.8) is 0 Å². The second-order valence-electron chi connectivity index (χ2n) is 3.38. The molecule has 3 nitrogen and oxygen atoms in total. The fourth-order valence-electron chi connectivity index (χ4n) is 1.47. The summed E-state index contributed by atoms with van der Waals surface area (Å²) < 4.78 is 5.22. The normalized spacial score (nSPS) is 15.8. The highest BCUT2D eigenvalue weighted by Crippen LogP contribution is 2.43. The van der Waals surface area contributed by atoms with Gasteiger partial charge in [-0.1, -0.05) is 6.07 Å². The summed E-state index contributed by atoms with van der Waals surface area (Å²) in [7, 11) is 1.66. The molecule has 1 saturated carbocycles. The van der Waals surface area contributed by atoms with Gasteiger partial charge in [0, 0.05) is 12.1 Å². The summed E-state index contributed by atoms with van der Waals surface area (Å²) in [6.07, 6.45) is 2.53. The van der Waals surface area contributed by atoms with E-state index in [9.17, 15) is 0 Å². The van der Waals surface area contributed by atoms with Crippen LogP contribution in [-0.2, 0) is 6.54 Å². The van der Waals surface area contributed by atoms with Gasteiger partial charge in [-0.05, 0) is 24.8 Å². The number of methoxy groups -OCH3 is 1. The van der Waals surface area contributed by atoms with Gasteiger partial charge < -0.3 is 10.5 Å². The van der Waals surface area contributed by atoms with E-state index in [1.807, 2.05) is 6.07 Å². The van der Waals surface area contributed by atoms with Crippen LogP contribution in [0.15, 0.2) is 12.1 Å². The number of hydrogen-bond acceptors (Lipinski definition) is 3. The molecule has 0 aromatic carbocycles. The molecule has 1 aromatic rings. The van der Waals surface area contributed by atoms with E-state index < -0.39 is 0 Å². The van der Waals surface area contributed by atoms with Crippen LogP contribution in [0, 0.1) is 0 Å². The van der Waals surface area contributed by atoms with E-state index in [4.69, 9.17) is 10.5 Å². The molecule has 1 aliphatic carbocycles. The minimum atomic E-state index is 0.474. The standard InChI is InChI=1S/C10H14N2O/c1-13-10-9(7-2-3-7)5-4-8(6-11)12-10/h4-5,7H,2-3,6,11H2,1H3. The van der Waals surface area contributed by atoms with Crippen LogP contribution in [0.5, 0.6) is 5.88 Å². The molecule has 70 valence electrons. The molecule has 1 aliphatic rings. The third-order valence-corrected chi connectivity index (χ3v) is 2.37. The van der Waals surface area contributed by atoms with E-state index in [1.165, 1.54) is 18.4 Å². The van der Waals surface area contributed by atoms with Crippen molar-refractivity contribution in [1.29, 1.82) is 0 Å². The summed E-state index contributed by atoms with van der Waals surface area (Å²) in [5.74, 6) is 1.43. The molecular formula is C10H14N2O. The number of hydrogen-bond donors (Lipinski definition) is 1. The Kier molecular flexibility index (Phi) is 2.19. The van der Waals surface area contributed by atoms with Crippen LogP contribution in [0.25, 0.3) is 0 Å². The van der Waals surface area contributed by atoms with Gasteiger partial charge in [0.05, 0.1) is 12.8 Å². The maximum atomic E-state index is 5.50. The predicted molar refractivity (Wildman–Crippen MR) is 50.7 cm³/mol. The molecule has 0 spiro atoms. The van der Waals surface area contributed by atoms with Crippen LogP contribution in [0.3, 0.4) is 0 Å². The molecule has 0 saturated heterocycles. The summed E-state index contributed by atoms with van der Waals surface area (Å²) in [6, 6.07) is 4.07. The Hall–Kier alpha value is -1.09. The first kappa shape index (κ1) is 8.51. The molecule has 0 unspecified atom stereocenters. The van der Waals surface area contributed by atoms with Gasteiger partial charge in [-0.2, -0.15) is 0 Å². The lowest BCUT2D eigenvalue weighted by molar-refractivity contribution is 0.391. The second-order valence-corrected chi connectivity index (χ2v) is 3.38. The average Bonchev–Trinajstić information content (AvgIpc) is 3.00. The van der Waals surface area contributed by atoms with Gasteiger partial charge in [-0.15, -0.1) is 0 Å². The Morgan fingerprint density at radius 2 is 2.31 bits per heavy atom. The number of rotatable bonds is 3. The first-order valence-electron chi connectivity index (χ1n) is 4.59. The Bertz CT molecular complexity index is 308. The van der Waals surface area contributed by atoms with Crippen molar-refractivity contribution in [2.24, 2.45) is 5.73 Å². The van der Waals surface area contributed by atoms with Crippen molar-refractivity contribution in [1.82, 2.24) is 4.98 Å². The molecule has 2 rings (SSSR count).